The van der Waals surface area contributed by atoms with E-state index in [-0.39, 0.29) is 30.6 Å². The van der Waals surface area contributed by atoms with Gasteiger partial charge in [0.25, 0.3) is 5.92 Å². The summed E-state index contributed by atoms with van der Waals surface area (Å²) in [7, 11) is 0. The van der Waals surface area contributed by atoms with E-state index >= 15 is 0 Å². The Hall–Kier alpha value is -2.83. The lowest BCUT2D eigenvalue weighted by Gasteiger charge is -2.28. The van der Waals surface area contributed by atoms with Crippen LogP contribution in [0.25, 0.3) is 5.57 Å². The lowest BCUT2D eigenvalue weighted by molar-refractivity contribution is -0.136. The zero-order valence-corrected chi connectivity index (χ0v) is 17.4. The Morgan fingerprint density at radius 3 is 2.55 bits per heavy atom. The molecule has 0 aliphatic heterocycles. The summed E-state index contributed by atoms with van der Waals surface area (Å²) in [5, 5.41) is 8.88. The highest BCUT2D eigenvalue weighted by Crippen LogP contribution is 2.42. The zero-order chi connectivity index (χ0) is 22.8. The monoisotopic (exact) mass is 436 g/mol. The van der Waals surface area contributed by atoms with Crippen molar-refractivity contribution in [3.05, 3.63) is 69.8 Å². The van der Waals surface area contributed by atoms with Crippen LogP contribution in [0.2, 0.25) is 0 Å². The zero-order valence-electron chi connectivity index (χ0n) is 17.4. The summed E-state index contributed by atoms with van der Waals surface area (Å²) in [6.45, 7) is 3.53. The Morgan fingerprint density at radius 1 is 1.13 bits per heavy atom. The molecule has 2 aromatic rings. The molecule has 0 heterocycles. The third-order valence-corrected chi connectivity index (χ3v) is 5.76. The van der Waals surface area contributed by atoms with Gasteiger partial charge in [0.2, 0.25) is 0 Å². The van der Waals surface area contributed by atoms with Crippen LogP contribution in [0, 0.1) is 25.5 Å². The quantitative estimate of drug-likeness (QED) is 0.522. The molecule has 1 aliphatic rings. The maximum absolute atomic E-state index is 14.3. The third-order valence-electron chi connectivity index (χ3n) is 5.76. The number of halogens is 4. The van der Waals surface area contributed by atoms with Gasteiger partial charge in [-0.15, -0.1) is 0 Å². The molecule has 0 saturated heterocycles. The van der Waals surface area contributed by atoms with Gasteiger partial charge in [-0.1, -0.05) is 6.07 Å². The summed E-state index contributed by atoms with van der Waals surface area (Å²) < 4.78 is 61.6. The summed E-state index contributed by atoms with van der Waals surface area (Å²) in [6.07, 6.45) is -0.587. The Balaban J connectivity index is 1.87. The molecule has 0 amide bonds. The summed E-state index contributed by atoms with van der Waals surface area (Å²) in [5.41, 5.74) is 3.38. The molecule has 0 aromatic heterocycles. The number of benzene rings is 2. The second kappa shape index (κ2) is 9.12. The van der Waals surface area contributed by atoms with Gasteiger partial charge in [0.15, 0.2) is 0 Å². The van der Waals surface area contributed by atoms with E-state index in [0.717, 1.165) is 28.8 Å². The van der Waals surface area contributed by atoms with Gasteiger partial charge in [0.05, 0.1) is 0 Å². The normalized spacial score (nSPS) is 15.8. The molecule has 0 bridgehead atoms. The van der Waals surface area contributed by atoms with E-state index in [0.29, 0.717) is 17.7 Å². The molecule has 2 aromatic carbocycles. The summed E-state index contributed by atoms with van der Waals surface area (Å²) >= 11 is 0. The lowest BCUT2D eigenvalue weighted by atomic mass is 9.85. The average Bonchev–Trinajstić information content (AvgIpc) is 2.68. The van der Waals surface area contributed by atoms with Gasteiger partial charge in [0, 0.05) is 30.9 Å². The van der Waals surface area contributed by atoms with E-state index in [1.165, 1.54) is 6.07 Å². The van der Waals surface area contributed by atoms with Gasteiger partial charge >= 0.3 is 5.97 Å². The molecule has 0 unspecified atom stereocenters. The second-order valence-corrected chi connectivity index (χ2v) is 7.89. The number of alkyl halides is 2. The van der Waals surface area contributed by atoms with Gasteiger partial charge in [-0.3, -0.25) is 4.79 Å². The van der Waals surface area contributed by atoms with Crippen molar-refractivity contribution in [2.75, 3.05) is 6.61 Å². The van der Waals surface area contributed by atoms with Crippen LogP contribution in [0.1, 0.15) is 47.9 Å². The van der Waals surface area contributed by atoms with E-state index in [9.17, 15) is 22.4 Å². The third kappa shape index (κ3) is 5.46. The van der Waals surface area contributed by atoms with E-state index in [4.69, 9.17) is 9.84 Å². The van der Waals surface area contributed by atoms with Crippen LogP contribution in [-0.4, -0.2) is 23.6 Å². The van der Waals surface area contributed by atoms with Crippen molar-refractivity contribution in [3.8, 4) is 5.75 Å². The molecule has 0 spiro atoms. The molecule has 0 saturated carbocycles. The summed E-state index contributed by atoms with van der Waals surface area (Å²) in [4.78, 5) is 10.8. The van der Waals surface area contributed by atoms with Gasteiger partial charge in [-0.05, 0) is 72.7 Å². The summed E-state index contributed by atoms with van der Waals surface area (Å²) in [5.74, 6) is -4.81. The van der Waals surface area contributed by atoms with Crippen molar-refractivity contribution < 1.29 is 32.2 Å². The van der Waals surface area contributed by atoms with Crippen LogP contribution in [-0.2, 0) is 11.2 Å². The fraction of sp³-hybridized carbons (Fsp3) is 0.375. The van der Waals surface area contributed by atoms with Crippen LogP contribution in [0.4, 0.5) is 17.6 Å². The molecule has 1 N–H and O–H groups in total. The van der Waals surface area contributed by atoms with E-state index in [1.807, 2.05) is 13.8 Å². The van der Waals surface area contributed by atoms with Crippen molar-refractivity contribution in [2.45, 2.75) is 51.9 Å². The van der Waals surface area contributed by atoms with Crippen molar-refractivity contribution in [3.63, 3.8) is 0 Å². The number of aliphatic carboxylic acids is 1. The van der Waals surface area contributed by atoms with Crippen molar-refractivity contribution in [2.24, 2.45) is 0 Å². The highest BCUT2D eigenvalue weighted by atomic mass is 19.3. The minimum Gasteiger partial charge on any atom is -0.489 e. The van der Waals surface area contributed by atoms with Gasteiger partial charge in [-0.25, -0.2) is 17.6 Å². The Labute approximate surface area is 178 Å². The number of rotatable bonds is 7. The fourth-order valence-electron chi connectivity index (χ4n) is 3.87. The van der Waals surface area contributed by atoms with Gasteiger partial charge < -0.3 is 9.84 Å². The minimum atomic E-state index is -2.91. The smallest absolute Gasteiger partial charge is 0.303 e. The number of aryl methyl sites for hydroxylation is 1. The van der Waals surface area contributed by atoms with Gasteiger partial charge in [-0.2, -0.15) is 0 Å². The molecule has 3 nitrogen and oxygen atoms in total. The minimum absolute atomic E-state index is 0.00897. The number of hydrogen-bond acceptors (Lipinski definition) is 2. The van der Waals surface area contributed by atoms with Crippen molar-refractivity contribution >= 4 is 11.5 Å². The lowest BCUT2D eigenvalue weighted by Crippen LogP contribution is -2.24. The Bertz CT molecular complexity index is 1030. The van der Waals surface area contributed by atoms with Gasteiger partial charge in [0.1, 0.15) is 24.0 Å². The molecule has 0 radical (unpaired) electrons. The average molecular weight is 436 g/mol. The number of carboxylic acids is 1. The highest BCUT2D eigenvalue weighted by Gasteiger charge is 2.36. The van der Waals surface area contributed by atoms with Crippen LogP contribution < -0.4 is 4.74 Å². The first-order valence-corrected chi connectivity index (χ1v) is 10.1. The standard InChI is InChI=1S/C24H24F4O3/c1-14-15(2)22(7-3-16(14)4-8-23(29)30)31-13-17-12-24(27,28)10-9-19(17)20-6-5-18(25)11-21(20)26/h3,5-7,11H,4,8-10,12-13H2,1-2H3,(H,29,30). The predicted octanol–water partition coefficient (Wildman–Crippen LogP) is 6.25. The molecular weight excluding hydrogens is 412 g/mol. The SMILES string of the molecule is Cc1c(CCC(=O)O)ccc(OCC2=C(c3ccc(F)cc3F)CCC(F)(F)C2)c1C. The second-order valence-electron chi connectivity index (χ2n) is 7.89. The first-order chi connectivity index (χ1) is 14.6. The fourth-order valence-corrected chi connectivity index (χ4v) is 3.87. The molecule has 31 heavy (non-hydrogen) atoms. The molecule has 0 fully saturated rings. The molecule has 1 aliphatic carbocycles. The maximum atomic E-state index is 14.3. The van der Waals surface area contributed by atoms with Crippen LogP contribution in [0.15, 0.2) is 35.9 Å². The topological polar surface area (TPSA) is 46.5 Å². The predicted molar refractivity (Wildman–Crippen MR) is 109 cm³/mol. The summed E-state index contributed by atoms with van der Waals surface area (Å²) in [6, 6.07) is 6.59. The van der Waals surface area contributed by atoms with E-state index in [1.54, 1.807) is 12.1 Å². The Morgan fingerprint density at radius 2 is 1.87 bits per heavy atom. The molecular formula is C24H24F4O3. The number of hydrogen-bond donors (Lipinski definition) is 1. The largest absolute Gasteiger partial charge is 0.489 e. The maximum Gasteiger partial charge on any atom is 0.303 e. The number of allylic oxidation sites excluding steroid dienone is 1. The molecule has 166 valence electrons. The van der Waals surface area contributed by atoms with Crippen molar-refractivity contribution in [1.29, 1.82) is 0 Å². The molecule has 7 heteroatoms. The Kier molecular flexibility index (Phi) is 6.72. The number of carboxylic acid groups (broad SMARTS) is 1. The number of carbonyl (C=O) groups is 1. The van der Waals surface area contributed by atoms with Crippen molar-refractivity contribution in [1.82, 2.24) is 0 Å². The molecule has 0 atom stereocenters. The highest BCUT2D eigenvalue weighted by molar-refractivity contribution is 5.70. The van der Waals surface area contributed by atoms with Crippen LogP contribution in [0.5, 0.6) is 5.75 Å². The first kappa shape index (κ1) is 22.8. The molecule has 3 rings (SSSR count). The van der Waals surface area contributed by atoms with Crippen LogP contribution in [0.3, 0.4) is 0 Å². The van der Waals surface area contributed by atoms with Crippen LogP contribution >= 0.6 is 0 Å². The van der Waals surface area contributed by atoms with E-state index < -0.39 is 36.4 Å². The number of ether oxygens (including phenoxy) is 1. The first-order valence-electron chi connectivity index (χ1n) is 10.1. The van der Waals surface area contributed by atoms with E-state index in [2.05, 4.69) is 0 Å².